The molecule has 0 bridgehead atoms. The number of hydrazine groups is 1. The minimum absolute atomic E-state index is 0.439. The second-order valence-corrected chi connectivity index (χ2v) is 6.93. The lowest BCUT2D eigenvalue weighted by atomic mass is 10.2. The third-order valence-corrected chi connectivity index (χ3v) is 5.19. The molecule has 3 heterocycles. The zero-order chi connectivity index (χ0) is 14.8. The number of nitrogen functional groups attached to an aromatic ring is 1. The Hall–Kier alpha value is -1.70. The Morgan fingerprint density at radius 3 is 2.95 bits per heavy atom. The summed E-state index contributed by atoms with van der Waals surface area (Å²) in [6.07, 6.45) is 1.05. The molecule has 7 heteroatoms. The molecule has 3 aromatic heterocycles. The van der Waals surface area contributed by atoms with E-state index in [2.05, 4.69) is 52.1 Å². The van der Waals surface area contributed by atoms with Gasteiger partial charge in [-0.1, -0.05) is 6.92 Å². The van der Waals surface area contributed by atoms with Gasteiger partial charge in [0.15, 0.2) is 0 Å². The van der Waals surface area contributed by atoms with Crippen LogP contribution in [-0.4, -0.2) is 9.97 Å². The summed E-state index contributed by atoms with van der Waals surface area (Å²) in [6, 6.07) is 4.29. The highest BCUT2D eigenvalue weighted by Crippen LogP contribution is 2.30. The number of hydrogen-bond acceptors (Lipinski definition) is 7. The first-order valence-corrected chi connectivity index (χ1v) is 8.44. The molecule has 0 aliphatic rings. The van der Waals surface area contributed by atoms with E-state index in [1.54, 1.807) is 22.7 Å². The van der Waals surface area contributed by atoms with Crippen LogP contribution in [0.2, 0.25) is 0 Å². The Morgan fingerprint density at radius 2 is 2.19 bits per heavy atom. The molecule has 0 saturated carbocycles. The lowest BCUT2D eigenvalue weighted by molar-refractivity contribution is 1.06. The number of nitrogens with zero attached hydrogens (tertiary/aromatic N) is 2. The molecule has 0 aliphatic carbocycles. The van der Waals surface area contributed by atoms with Gasteiger partial charge in [0, 0.05) is 9.75 Å². The van der Waals surface area contributed by atoms with Gasteiger partial charge in [0.1, 0.15) is 10.6 Å². The smallest absolute Gasteiger partial charge is 0.240 e. The topological polar surface area (TPSA) is 75.9 Å². The maximum absolute atomic E-state index is 5.46. The first-order chi connectivity index (χ1) is 10.2. The van der Waals surface area contributed by atoms with Crippen molar-refractivity contribution in [3.05, 3.63) is 32.8 Å². The third-order valence-electron chi connectivity index (χ3n) is 3.28. The van der Waals surface area contributed by atoms with Gasteiger partial charge in [0.25, 0.3) is 0 Å². The molecule has 0 fully saturated rings. The quantitative estimate of drug-likeness (QED) is 0.495. The monoisotopic (exact) mass is 319 g/mol. The van der Waals surface area contributed by atoms with E-state index in [1.165, 1.54) is 15.3 Å². The van der Waals surface area contributed by atoms with Crippen molar-refractivity contribution in [3.8, 4) is 0 Å². The van der Waals surface area contributed by atoms with Gasteiger partial charge in [-0.15, -0.1) is 22.7 Å². The molecule has 0 saturated heterocycles. The predicted octanol–water partition coefficient (Wildman–Crippen LogP) is 3.52. The maximum Gasteiger partial charge on any atom is 0.240 e. The molecule has 3 rings (SSSR count). The Morgan fingerprint density at radius 1 is 1.33 bits per heavy atom. The van der Waals surface area contributed by atoms with Gasteiger partial charge in [-0.2, -0.15) is 4.98 Å². The van der Waals surface area contributed by atoms with Crippen LogP contribution < -0.4 is 16.6 Å². The SMILES string of the molecule is CCc1ccsc1CNc1nc(NN)nc2sc(C)cc12. The van der Waals surface area contributed by atoms with E-state index in [-0.39, 0.29) is 0 Å². The van der Waals surface area contributed by atoms with Crippen LogP contribution >= 0.6 is 22.7 Å². The van der Waals surface area contributed by atoms with Gasteiger partial charge in [0.05, 0.1) is 11.9 Å². The zero-order valence-corrected chi connectivity index (χ0v) is 13.6. The molecule has 0 aliphatic heterocycles. The van der Waals surface area contributed by atoms with Gasteiger partial charge < -0.3 is 5.32 Å². The molecular formula is C14H17N5S2. The molecule has 0 atom stereocenters. The molecule has 110 valence electrons. The molecule has 21 heavy (non-hydrogen) atoms. The summed E-state index contributed by atoms with van der Waals surface area (Å²) in [5.74, 6) is 6.72. The fourth-order valence-corrected chi connectivity index (χ4v) is 4.04. The first-order valence-electron chi connectivity index (χ1n) is 6.75. The molecule has 0 aromatic carbocycles. The standard InChI is InChI=1S/C14H17N5S2/c1-3-9-4-5-20-11(9)7-16-12-10-6-8(2)21-13(10)18-14(17-12)19-15/h4-6H,3,7,15H2,1-2H3,(H2,16,17,18,19). The lowest BCUT2D eigenvalue weighted by Gasteiger charge is -2.08. The number of aryl methyl sites for hydroxylation is 2. The van der Waals surface area contributed by atoms with E-state index >= 15 is 0 Å². The van der Waals surface area contributed by atoms with E-state index in [0.29, 0.717) is 5.95 Å². The van der Waals surface area contributed by atoms with Crippen LogP contribution in [0.15, 0.2) is 17.5 Å². The van der Waals surface area contributed by atoms with Crippen LogP contribution in [0.4, 0.5) is 11.8 Å². The lowest BCUT2D eigenvalue weighted by Crippen LogP contribution is -2.12. The van der Waals surface area contributed by atoms with Crippen molar-refractivity contribution in [3.63, 3.8) is 0 Å². The van der Waals surface area contributed by atoms with Crippen LogP contribution in [0.5, 0.6) is 0 Å². The van der Waals surface area contributed by atoms with E-state index < -0.39 is 0 Å². The van der Waals surface area contributed by atoms with Crippen LogP contribution in [0.25, 0.3) is 10.2 Å². The summed E-state index contributed by atoms with van der Waals surface area (Å²) < 4.78 is 0. The number of rotatable bonds is 5. The number of anilines is 2. The molecule has 4 N–H and O–H groups in total. The van der Waals surface area contributed by atoms with Crippen molar-refractivity contribution in [1.82, 2.24) is 9.97 Å². The summed E-state index contributed by atoms with van der Waals surface area (Å²) in [7, 11) is 0. The van der Waals surface area contributed by atoms with E-state index in [1.807, 2.05) is 0 Å². The van der Waals surface area contributed by atoms with Gasteiger partial charge in [-0.05, 0) is 36.4 Å². The zero-order valence-electron chi connectivity index (χ0n) is 11.9. The van der Waals surface area contributed by atoms with Crippen LogP contribution in [-0.2, 0) is 13.0 Å². The van der Waals surface area contributed by atoms with Gasteiger partial charge >= 0.3 is 0 Å². The van der Waals surface area contributed by atoms with Crippen molar-refractivity contribution in [2.24, 2.45) is 5.84 Å². The Bertz CT molecular complexity index is 762. The molecule has 0 unspecified atom stereocenters. The van der Waals surface area contributed by atoms with Crippen LogP contribution in [0, 0.1) is 6.92 Å². The summed E-state index contributed by atoms with van der Waals surface area (Å²) >= 11 is 3.41. The highest BCUT2D eigenvalue weighted by Gasteiger charge is 2.11. The third kappa shape index (κ3) is 2.85. The maximum atomic E-state index is 5.46. The summed E-state index contributed by atoms with van der Waals surface area (Å²) in [5.41, 5.74) is 3.92. The number of aromatic nitrogens is 2. The Labute approximate surface area is 131 Å². The second-order valence-electron chi connectivity index (χ2n) is 4.69. The molecule has 5 nitrogen and oxygen atoms in total. The van der Waals surface area contributed by atoms with E-state index in [4.69, 9.17) is 5.84 Å². The van der Waals surface area contributed by atoms with Crippen molar-refractivity contribution in [2.45, 2.75) is 26.8 Å². The van der Waals surface area contributed by atoms with Crippen LogP contribution in [0.3, 0.4) is 0 Å². The largest absolute Gasteiger partial charge is 0.364 e. The highest BCUT2D eigenvalue weighted by atomic mass is 32.1. The molecule has 0 spiro atoms. The Balaban J connectivity index is 1.92. The van der Waals surface area contributed by atoms with Crippen molar-refractivity contribution < 1.29 is 0 Å². The molecular weight excluding hydrogens is 302 g/mol. The van der Waals surface area contributed by atoms with Crippen LogP contribution in [0.1, 0.15) is 22.2 Å². The number of fused-ring (bicyclic) bond motifs is 1. The van der Waals surface area contributed by atoms with Gasteiger partial charge in [-0.3, -0.25) is 5.43 Å². The van der Waals surface area contributed by atoms with Crippen molar-refractivity contribution in [1.29, 1.82) is 0 Å². The normalized spacial score (nSPS) is 11.0. The molecule has 3 aromatic rings. The average Bonchev–Trinajstić information content (AvgIpc) is 3.09. The molecule has 0 radical (unpaired) electrons. The second kappa shape index (κ2) is 5.97. The fourth-order valence-electron chi connectivity index (χ4n) is 2.24. The number of nitrogens with two attached hydrogens (primary N) is 1. The fraction of sp³-hybridized carbons (Fsp3) is 0.286. The summed E-state index contributed by atoms with van der Waals surface area (Å²) in [6.45, 7) is 5.01. The van der Waals surface area contributed by atoms with E-state index in [9.17, 15) is 0 Å². The Kier molecular flexibility index (Phi) is 4.05. The number of thiophene rings is 2. The minimum Gasteiger partial charge on any atom is -0.364 e. The average molecular weight is 319 g/mol. The van der Waals surface area contributed by atoms with Crippen molar-refractivity contribution in [2.75, 3.05) is 10.7 Å². The number of nitrogens with one attached hydrogen (secondary N) is 2. The highest BCUT2D eigenvalue weighted by molar-refractivity contribution is 7.18. The van der Waals surface area contributed by atoms with E-state index in [0.717, 1.165) is 29.0 Å². The first kappa shape index (κ1) is 14.2. The van der Waals surface area contributed by atoms with Crippen molar-refractivity contribution >= 4 is 44.7 Å². The van der Waals surface area contributed by atoms with Gasteiger partial charge in [0.2, 0.25) is 5.95 Å². The van der Waals surface area contributed by atoms with Gasteiger partial charge in [-0.25, -0.2) is 10.8 Å². The molecule has 0 amide bonds. The summed E-state index contributed by atoms with van der Waals surface area (Å²) in [4.78, 5) is 12.3. The summed E-state index contributed by atoms with van der Waals surface area (Å²) in [5, 5.41) is 6.60. The number of hydrogen-bond donors (Lipinski definition) is 3. The predicted molar refractivity (Wildman–Crippen MR) is 91.0 cm³/mol. The minimum atomic E-state index is 0.439.